The zero-order valence-electron chi connectivity index (χ0n) is 10.8. The minimum absolute atomic E-state index is 0.0796. The number of nitrogens with zero attached hydrogens (tertiary/aromatic N) is 4. The molecular weight excluding hydrogens is 240 g/mol. The summed E-state index contributed by atoms with van der Waals surface area (Å²) in [5, 5.41) is 4.32. The van der Waals surface area contributed by atoms with Crippen LogP contribution in [-0.4, -0.2) is 25.9 Å². The second-order valence-electron chi connectivity index (χ2n) is 4.48. The van der Waals surface area contributed by atoms with Crippen molar-refractivity contribution < 1.29 is 4.74 Å². The largest absolute Gasteiger partial charge is 0.474 e. The Kier molecular flexibility index (Phi) is 2.87. The number of para-hydroxylation sites is 1. The Morgan fingerprint density at radius 3 is 2.63 bits per heavy atom. The molecule has 2 aromatic heterocycles. The van der Waals surface area contributed by atoms with Crippen LogP contribution in [0.3, 0.4) is 0 Å². The minimum Gasteiger partial charge on any atom is -0.474 e. The topological polar surface area (TPSA) is 52.8 Å². The van der Waals surface area contributed by atoms with Crippen molar-refractivity contribution in [2.45, 2.75) is 20.0 Å². The van der Waals surface area contributed by atoms with Crippen LogP contribution in [0, 0.1) is 0 Å². The number of benzene rings is 1. The predicted octanol–water partition coefficient (Wildman–Crippen LogP) is 2.60. The quantitative estimate of drug-likeness (QED) is 0.721. The summed E-state index contributed by atoms with van der Waals surface area (Å²) in [6, 6.07) is 9.85. The van der Waals surface area contributed by atoms with Crippen molar-refractivity contribution >= 4 is 11.2 Å². The number of hydrogen-bond acceptors (Lipinski definition) is 4. The van der Waals surface area contributed by atoms with Gasteiger partial charge in [0.2, 0.25) is 5.88 Å². The molecule has 0 saturated heterocycles. The van der Waals surface area contributed by atoms with Crippen LogP contribution in [0.2, 0.25) is 0 Å². The maximum absolute atomic E-state index is 5.53. The average molecular weight is 254 g/mol. The smallest absolute Gasteiger partial charge is 0.233 e. The highest BCUT2D eigenvalue weighted by Gasteiger charge is 2.09. The van der Waals surface area contributed by atoms with E-state index in [-0.39, 0.29) is 6.10 Å². The summed E-state index contributed by atoms with van der Waals surface area (Å²) >= 11 is 0. The van der Waals surface area contributed by atoms with E-state index >= 15 is 0 Å². The van der Waals surface area contributed by atoms with Gasteiger partial charge in [0.25, 0.3) is 0 Å². The predicted molar refractivity (Wildman–Crippen MR) is 72.4 cm³/mol. The molecule has 0 atom stereocenters. The summed E-state index contributed by atoms with van der Waals surface area (Å²) in [7, 11) is 0. The first-order valence-corrected chi connectivity index (χ1v) is 6.17. The van der Waals surface area contributed by atoms with Crippen LogP contribution in [0.1, 0.15) is 13.8 Å². The van der Waals surface area contributed by atoms with Crippen LogP contribution in [-0.2, 0) is 0 Å². The van der Waals surface area contributed by atoms with Crippen LogP contribution in [0.25, 0.3) is 16.9 Å². The summed E-state index contributed by atoms with van der Waals surface area (Å²) in [5.74, 6) is 0.523. The number of ether oxygens (including phenoxy) is 1. The molecule has 0 N–H and O–H groups in total. The van der Waals surface area contributed by atoms with Crippen LogP contribution in [0.15, 0.2) is 42.7 Å². The number of aromatic nitrogens is 4. The lowest BCUT2D eigenvalue weighted by Gasteiger charge is -2.07. The fraction of sp³-hybridized carbons (Fsp3) is 0.214. The molecule has 0 fully saturated rings. The van der Waals surface area contributed by atoms with Crippen molar-refractivity contribution in [3.05, 3.63) is 42.7 Å². The molecule has 0 unspecified atom stereocenters. The van der Waals surface area contributed by atoms with E-state index in [1.165, 1.54) is 0 Å². The van der Waals surface area contributed by atoms with Crippen molar-refractivity contribution in [3.8, 4) is 11.6 Å². The maximum atomic E-state index is 5.53. The molecular formula is C14H14N4O. The lowest BCUT2D eigenvalue weighted by atomic mass is 10.3. The fourth-order valence-electron chi connectivity index (χ4n) is 1.85. The van der Waals surface area contributed by atoms with Gasteiger partial charge in [-0.3, -0.25) is 0 Å². The first kappa shape index (κ1) is 11.6. The number of hydrogen-bond donors (Lipinski definition) is 0. The maximum Gasteiger partial charge on any atom is 0.233 e. The molecule has 1 aromatic carbocycles. The highest BCUT2D eigenvalue weighted by Crippen LogP contribution is 2.17. The van der Waals surface area contributed by atoms with E-state index in [0.29, 0.717) is 5.88 Å². The normalized spacial score (nSPS) is 11.1. The molecule has 5 nitrogen and oxygen atoms in total. The van der Waals surface area contributed by atoms with E-state index in [0.717, 1.165) is 16.9 Å². The lowest BCUT2D eigenvalue weighted by molar-refractivity contribution is 0.232. The molecule has 3 aromatic rings. The van der Waals surface area contributed by atoms with Crippen LogP contribution >= 0.6 is 0 Å². The van der Waals surface area contributed by atoms with Crippen molar-refractivity contribution in [2.75, 3.05) is 0 Å². The first-order valence-electron chi connectivity index (χ1n) is 6.17. The van der Waals surface area contributed by atoms with E-state index < -0.39 is 0 Å². The molecule has 0 radical (unpaired) electrons. The zero-order chi connectivity index (χ0) is 13.2. The molecule has 0 aliphatic rings. The molecule has 0 aliphatic heterocycles. The Balaban J connectivity index is 2.05. The summed E-state index contributed by atoms with van der Waals surface area (Å²) in [4.78, 5) is 8.78. The van der Waals surface area contributed by atoms with Gasteiger partial charge in [-0.15, -0.1) is 0 Å². The Hall–Kier alpha value is -2.43. The van der Waals surface area contributed by atoms with Crippen LogP contribution in [0.4, 0.5) is 0 Å². The summed E-state index contributed by atoms with van der Waals surface area (Å²) in [6.07, 6.45) is 3.40. The van der Waals surface area contributed by atoms with Crippen LogP contribution < -0.4 is 4.74 Å². The van der Waals surface area contributed by atoms with Crippen molar-refractivity contribution in [2.24, 2.45) is 0 Å². The lowest BCUT2D eigenvalue weighted by Crippen LogP contribution is -2.07. The zero-order valence-corrected chi connectivity index (χ0v) is 10.8. The van der Waals surface area contributed by atoms with Crippen molar-refractivity contribution in [1.82, 2.24) is 19.7 Å². The molecule has 19 heavy (non-hydrogen) atoms. The number of rotatable bonds is 3. The van der Waals surface area contributed by atoms with E-state index in [4.69, 9.17) is 4.74 Å². The van der Waals surface area contributed by atoms with Gasteiger partial charge in [0, 0.05) is 0 Å². The third kappa shape index (κ3) is 2.27. The van der Waals surface area contributed by atoms with Gasteiger partial charge in [0.1, 0.15) is 5.52 Å². The van der Waals surface area contributed by atoms with Gasteiger partial charge in [-0.1, -0.05) is 18.2 Å². The van der Waals surface area contributed by atoms with E-state index in [2.05, 4.69) is 15.1 Å². The summed E-state index contributed by atoms with van der Waals surface area (Å²) in [5.41, 5.74) is 2.41. The molecule has 0 aliphatic carbocycles. The summed E-state index contributed by atoms with van der Waals surface area (Å²) < 4.78 is 7.29. The molecule has 0 spiro atoms. The highest BCUT2D eigenvalue weighted by molar-refractivity contribution is 5.71. The third-order valence-electron chi connectivity index (χ3n) is 2.61. The Morgan fingerprint density at radius 2 is 1.89 bits per heavy atom. The van der Waals surface area contributed by atoms with E-state index in [9.17, 15) is 0 Å². The number of fused-ring (bicyclic) bond motifs is 1. The minimum atomic E-state index is 0.0796. The molecule has 96 valence electrons. The highest BCUT2D eigenvalue weighted by atomic mass is 16.5. The van der Waals surface area contributed by atoms with Crippen molar-refractivity contribution in [3.63, 3.8) is 0 Å². The first-order chi connectivity index (χ1) is 9.24. The second-order valence-corrected chi connectivity index (χ2v) is 4.48. The standard InChI is InChI=1S/C14H14N4O/c1-10(2)19-13-9-15-14-12(17-13)8-16-18(14)11-6-4-3-5-7-11/h3-10H,1-2H3. The second kappa shape index (κ2) is 4.68. The Bertz CT molecular complexity index is 691. The monoisotopic (exact) mass is 254 g/mol. The van der Waals surface area contributed by atoms with Gasteiger partial charge >= 0.3 is 0 Å². The van der Waals surface area contributed by atoms with Crippen molar-refractivity contribution in [1.29, 1.82) is 0 Å². The van der Waals surface area contributed by atoms with Gasteiger partial charge in [-0.2, -0.15) is 5.10 Å². The molecule has 0 bridgehead atoms. The van der Waals surface area contributed by atoms with E-state index in [1.807, 2.05) is 44.2 Å². The molecule has 5 heteroatoms. The van der Waals surface area contributed by atoms with Crippen LogP contribution in [0.5, 0.6) is 5.88 Å². The van der Waals surface area contributed by atoms with Gasteiger partial charge in [-0.05, 0) is 26.0 Å². The van der Waals surface area contributed by atoms with Gasteiger partial charge in [0.15, 0.2) is 5.65 Å². The molecule has 2 heterocycles. The Morgan fingerprint density at radius 1 is 1.11 bits per heavy atom. The third-order valence-corrected chi connectivity index (χ3v) is 2.61. The van der Waals surface area contributed by atoms with Gasteiger partial charge in [0.05, 0.1) is 24.2 Å². The molecule has 3 rings (SSSR count). The molecule has 0 saturated carbocycles. The Labute approximate surface area is 110 Å². The average Bonchev–Trinajstić information content (AvgIpc) is 2.82. The SMILES string of the molecule is CC(C)Oc1cnc2c(cnn2-c2ccccc2)n1. The summed E-state index contributed by atoms with van der Waals surface area (Å²) in [6.45, 7) is 3.92. The molecule has 0 amide bonds. The van der Waals surface area contributed by atoms with E-state index in [1.54, 1.807) is 17.1 Å². The van der Waals surface area contributed by atoms with Gasteiger partial charge < -0.3 is 4.74 Å². The van der Waals surface area contributed by atoms with Gasteiger partial charge in [-0.25, -0.2) is 14.6 Å². The fourth-order valence-corrected chi connectivity index (χ4v) is 1.85.